The maximum absolute atomic E-state index is 11.8. The summed E-state index contributed by atoms with van der Waals surface area (Å²) in [5.41, 5.74) is 6.31. The highest BCUT2D eigenvalue weighted by Gasteiger charge is 2.27. The second-order valence-electron chi connectivity index (χ2n) is 8.37. The molecule has 2 aromatic heterocycles. The van der Waals surface area contributed by atoms with Gasteiger partial charge in [-0.3, -0.25) is 9.69 Å². The van der Waals surface area contributed by atoms with Gasteiger partial charge in [-0.1, -0.05) is 0 Å². The van der Waals surface area contributed by atoms with Gasteiger partial charge in [0.05, 0.1) is 30.6 Å². The van der Waals surface area contributed by atoms with Gasteiger partial charge in [0.1, 0.15) is 16.5 Å². The number of nitrogens with zero attached hydrogens (tertiary/aromatic N) is 3. The van der Waals surface area contributed by atoms with Crippen molar-refractivity contribution in [3.63, 3.8) is 0 Å². The number of primary amides is 1. The number of hydrogen-bond acceptors (Lipinski definition) is 7. The van der Waals surface area contributed by atoms with Gasteiger partial charge in [0, 0.05) is 24.5 Å². The molecule has 1 amide bonds. The molecule has 0 spiro atoms. The van der Waals surface area contributed by atoms with Crippen molar-refractivity contribution in [3.8, 4) is 0 Å². The number of ether oxygens (including phenoxy) is 1. The van der Waals surface area contributed by atoms with Crippen molar-refractivity contribution < 1.29 is 9.53 Å². The van der Waals surface area contributed by atoms with Crippen LogP contribution in [0.2, 0.25) is 0 Å². The predicted molar refractivity (Wildman–Crippen MR) is 112 cm³/mol. The van der Waals surface area contributed by atoms with Gasteiger partial charge < -0.3 is 15.8 Å². The second-order valence-corrected chi connectivity index (χ2v) is 9.45. The molecule has 8 heteroatoms. The van der Waals surface area contributed by atoms with Gasteiger partial charge in [0.25, 0.3) is 0 Å². The quantitative estimate of drug-likeness (QED) is 0.769. The molecule has 3 N–H and O–H groups in total. The van der Waals surface area contributed by atoms with Crippen LogP contribution in [-0.2, 0) is 28.9 Å². The zero-order valence-corrected chi connectivity index (χ0v) is 17.5. The van der Waals surface area contributed by atoms with Gasteiger partial charge in [-0.15, -0.1) is 11.3 Å². The highest BCUT2D eigenvalue weighted by Crippen LogP contribution is 2.39. The molecule has 3 heterocycles. The number of fused-ring (bicyclic) bond motifs is 3. The maximum atomic E-state index is 11.8. The van der Waals surface area contributed by atoms with E-state index in [0.29, 0.717) is 6.54 Å². The lowest BCUT2D eigenvalue weighted by atomic mass is 9.92. The largest absolute Gasteiger partial charge is 0.379 e. The van der Waals surface area contributed by atoms with Gasteiger partial charge in [0.15, 0.2) is 0 Å². The average molecular weight is 404 g/mol. The van der Waals surface area contributed by atoms with Crippen LogP contribution in [0.15, 0.2) is 0 Å². The number of anilines is 1. The summed E-state index contributed by atoms with van der Waals surface area (Å²) in [6.45, 7) is 8.21. The molecule has 1 aliphatic carbocycles. The number of aromatic nitrogens is 2. The Kier molecular flexibility index (Phi) is 5.53. The summed E-state index contributed by atoms with van der Waals surface area (Å²) in [6, 6.07) is 0. The van der Waals surface area contributed by atoms with E-state index < -0.39 is 5.41 Å². The second kappa shape index (κ2) is 7.93. The summed E-state index contributed by atoms with van der Waals surface area (Å²) < 4.78 is 5.45. The molecule has 7 nitrogen and oxygen atoms in total. The van der Waals surface area contributed by atoms with Crippen molar-refractivity contribution in [2.45, 2.75) is 46.1 Å². The molecule has 0 saturated carbocycles. The van der Waals surface area contributed by atoms with Crippen LogP contribution in [0.4, 0.5) is 5.82 Å². The third-order valence-corrected chi connectivity index (χ3v) is 6.88. The molecule has 1 fully saturated rings. The number of rotatable bonds is 6. The Labute approximate surface area is 169 Å². The molecule has 2 aliphatic rings. The Balaban J connectivity index is 1.68. The number of carbonyl (C=O) groups excluding carboxylic acids is 1. The van der Waals surface area contributed by atoms with Crippen LogP contribution >= 0.6 is 11.3 Å². The normalized spacial score (nSPS) is 18.2. The van der Waals surface area contributed by atoms with E-state index in [9.17, 15) is 4.79 Å². The minimum Gasteiger partial charge on any atom is -0.379 e. The fraction of sp³-hybridized carbons (Fsp3) is 0.650. The number of hydrogen-bond donors (Lipinski definition) is 2. The van der Waals surface area contributed by atoms with Crippen LogP contribution in [0.25, 0.3) is 10.2 Å². The summed E-state index contributed by atoms with van der Waals surface area (Å²) >= 11 is 1.80. The van der Waals surface area contributed by atoms with Crippen LogP contribution in [-0.4, -0.2) is 53.6 Å². The monoisotopic (exact) mass is 403 g/mol. The summed E-state index contributed by atoms with van der Waals surface area (Å²) in [5.74, 6) is 1.36. The smallest absolute Gasteiger partial charge is 0.224 e. The van der Waals surface area contributed by atoms with E-state index in [0.717, 1.165) is 67.5 Å². The van der Waals surface area contributed by atoms with E-state index in [2.05, 4.69) is 10.2 Å². The van der Waals surface area contributed by atoms with Gasteiger partial charge in [-0.05, 0) is 45.1 Å². The summed E-state index contributed by atoms with van der Waals surface area (Å²) in [6.07, 6.45) is 4.66. The van der Waals surface area contributed by atoms with Crippen LogP contribution in [0.3, 0.4) is 0 Å². The number of thiophene rings is 1. The molecule has 0 aromatic carbocycles. The highest BCUT2D eigenvalue weighted by atomic mass is 32.1. The van der Waals surface area contributed by atoms with Crippen LogP contribution in [0.5, 0.6) is 0 Å². The highest BCUT2D eigenvalue weighted by molar-refractivity contribution is 7.19. The summed E-state index contributed by atoms with van der Waals surface area (Å²) in [4.78, 5) is 26.4. The van der Waals surface area contributed by atoms with Crippen LogP contribution in [0.1, 0.15) is 43.0 Å². The Hall–Kier alpha value is -1.77. The molecular formula is C20H29N5O2S. The molecule has 1 saturated heterocycles. The number of aryl methyl sites for hydroxylation is 2. The van der Waals surface area contributed by atoms with E-state index in [1.807, 2.05) is 13.8 Å². The molecule has 28 heavy (non-hydrogen) atoms. The molecule has 2 aromatic rings. The topological polar surface area (TPSA) is 93.4 Å². The maximum Gasteiger partial charge on any atom is 0.224 e. The van der Waals surface area contributed by atoms with E-state index in [1.165, 1.54) is 23.3 Å². The molecule has 0 unspecified atom stereocenters. The molecule has 0 radical (unpaired) electrons. The van der Waals surface area contributed by atoms with E-state index >= 15 is 0 Å². The first kappa shape index (κ1) is 19.5. The molecule has 4 rings (SSSR count). The van der Waals surface area contributed by atoms with E-state index in [1.54, 1.807) is 11.3 Å². The van der Waals surface area contributed by atoms with Gasteiger partial charge >= 0.3 is 0 Å². The third-order valence-electron chi connectivity index (χ3n) is 5.69. The van der Waals surface area contributed by atoms with Crippen molar-refractivity contribution >= 4 is 33.3 Å². The van der Waals surface area contributed by atoms with Crippen molar-refractivity contribution in [2.75, 3.05) is 38.2 Å². The molecule has 1 aliphatic heterocycles. The standard InChI is InChI=1S/C20H29N5O2S/c1-20(2,19(21)26)12-22-17-16-13-5-3-4-6-14(13)28-18(16)24-15(23-17)11-25-7-9-27-10-8-25/h3-12H2,1-2H3,(H2,21,26)(H,22,23,24). The zero-order valence-electron chi connectivity index (χ0n) is 16.7. The number of carbonyl (C=O) groups is 1. The first-order valence-electron chi connectivity index (χ1n) is 10.1. The minimum absolute atomic E-state index is 0.314. The lowest BCUT2D eigenvalue weighted by molar-refractivity contribution is -0.125. The van der Waals surface area contributed by atoms with Crippen molar-refractivity contribution in [1.29, 1.82) is 0 Å². The Morgan fingerprint density at radius 1 is 1.25 bits per heavy atom. The fourth-order valence-electron chi connectivity index (χ4n) is 3.75. The fourth-order valence-corrected chi connectivity index (χ4v) is 5.03. The van der Waals surface area contributed by atoms with Crippen molar-refractivity contribution in [3.05, 3.63) is 16.3 Å². The van der Waals surface area contributed by atoms with Gasteiger partial charge in [0.2, 0.25) is 5.91 Å². The number of nitrogens with one attached hydrogen (secondary N) is 1. The molecule has 0 bridgehead atoms. The van der Waals surface area contributed by atoms with E-state index in [4.69, 9.17) is 20.4 Å². The van der Waals surface area contributed by atoms with Crippen LogP contribution < -0.4 is 11.1 Å². The average Bonchev–Trinajstić information content (AvgIpc) is 3.05. The molecule has 152 valence electrons. The first-order chi connectivity index (χ1) is 13.4. The van der Waals surface area contributed by atoms with Crippen molar-refractivity contribution in [2.24, 2.45) is 11.1 Å². The predicted octanol–water partition coefficient (Wildman–Crippen LogP) is 2.33. The van der Waals surface area contributed by atoms with Gasteiger partial charge in [-0.2, -0.15) is 0 Å². The lowest BCUT2D eigenvalue weighted by Crippen LogP contribution is -2.38. The summed E-state index contributed by atoms with van der Waals surface area (Å²) in [7, 11) is 0. The lowest BCUT2D eigenvalue weighted by Gasteiger charge is -2.26. The Bertz CT molecular complexity index is 873. The van der Waals surface area contributed by atoms with Crippen molar-refractivity contribution in [1.82, 2.24) is 14.9 Å². The Morgan fingerprint density at radius 3 is 2.75 bits per heavy atom. The number of nitrogens with two attached hydrogens (primary N) is 1. The van der Waals surface area contributed by atoms with Gasteiger partial charge in [-0.25, -0.2) is 9.97 Å². The SMILES string of the molecule is CC(C)(CNc1nc(CN2CCOCC2)nc2sc3c(c12)CCCC3)C(N)=O. The molecular weight excluding hydrogens is 374 g/mol. The zero-order chi connectivity index (χ0) is 19.7. The Morgan fingerprint density at radius 2 is 2.00 bits per heavy atom. The summed E-state index contributed by atoms with van der Waals surface area (Å²) in [5, 5.41) is 4.58. The number of amides is 1. The van der Waals surface area contributed by atoms with E-state index in [-0.39, 0.29) is 5.91 Å². The number of morpholine rings is 1. The van der Waals surface area contributed by atoms with Crippen LogP contribution in [0, 0.1) is 5.41 Å². The third kappa shape index (κ3) is 3.99. The minimum atomic E-state index is -0.641. The first-order valence-corrected chi connectivity index (χ1v) is 10.9. The molecule has 0 atom stereocenters.